The third kappa shape index (κ3) is 3.20. The number of aliphatic hydroxyl groups is 1. The van der Waals surface area contributed by atoms with Gasteiger partial charge in [-0.3, -0.25) is 5.41 Å². The Labute approximate surface area is 167 Å². The number of methoxy groups -OCH3 is 1. The van der Waals surface area contributed by atoms with Crippen LogP contribution in [0.5, 0.6) is 0 Å². The number of anilines is 1. The van der Waals surface area contributed by atoms with E-state index in [2.05, 4.69) is 9.97 Å². The van der Waals surface area contributed by atoms with Crippen LogP contribution in [0.25, 0.3) is 16.6 Å². The molecular formula is C20H19ClN4O3. The first-order valence-electron chi connectivity index (χ1n) is 8.41. The number of aliphatic hydroxyl groups excluding tert-OH is 1. The number of rotatable bonds is 3. The second-order valence-electron chi connectivity index (χ2n) is 6.40. The summed E-state index contributed by atoms with van der Waals surface area (Å²) in [7, 11) is 1.33. The summed E-state index contributed by atoms with van der Waals surface area (Å²) in [5, 5.41) is 19.0. The molecule has 0 saturated heterocycles. The number of aryl methyl sites for hydroxylation is 1. The van der Waals surface area contributed by atoms with Gasteiger partial charge < -0.3 is 19.7 Å². The van der Waals surface area contributed by atoms with Crippen molar-refractivity contribution in [1.82, 2.24) is 9.97 Å². The molecule has 0 saturated carbocycles. The highest BCUT2D eigenvalue weighted by Crippen LogP contribution is 2.31. The smallest absolute Gasteiger partial charge is 0.337 e. The Morgan fingerprint density at radius 2 is 1.96 bits per heavy atom. The van der Waals surface area contributed by atoms with Gasteiger partial charge in [-0.15, -0.1) is 12.4 Å². The first-order chi connectivity index (χ1) is 13.0. The number of ether oxygens (including phenoxy) is 1. The lowest BCUT2D eigenvalue weighted by Crippen LogP contribution is -2.26. The number of carbonyl (C=O) groups is 1. The van der Waals surface area contributed by atoms with Gasteiger partial charge in [0.25, 0.3) is 0 Å². The zero-order valence-electron chi connectivity index (χ0n) is 15.3. The highest BCUT2D eigenvalue weighted by molar-refractivity contribution is 6.30. The van der Waals surface area contributed by atoms with Crippen molar-refractivity contribution in [1.29, 1.82) is 5.41 Å². The molecule has 0 unspecified atom stereocenters. The van der Waals surface area contributed by atoms with Crippen LogP contribution in [0.3, 0.4) is 0 Å². The molecule has 7 nitrogen and oxygen atoms in total. The number of aromatic nitrogens is 2. The zero-order valence-corrected chi connectivity index (χ0v) is 16.1. The first kappa shape index (κ1) is 19.4. The lowest BCUT2D eigenvalue weighted by Gasteiger charge is -2.18. The van der Waals surface area contributed by atoms with Gasteiger partial charge >= 0.3 is 5.97 Å². The number of halogens is 1. The summed E-state index contributed by atoms with van der Waals surface area (Å²) in [6.45, 7) is 2.16. The number of H-pyrrole nitrogens is 1. The maximum absolute atomic E-state index is 11.6. The molecule has 28 heavy (non-hydrogen) atoms. The number of nitrogens with one attached hydrogen (secondary N) is 2. The summed E-state index contributed by atoms with van der Waals surface area (Å²) in [5.74, 6) is 0.269. The third-order valence-electron chi connectivity index (χ3n) is 4.58. The van der Waals surface area contributed by atoms with E-state index in [1.807, 2.05) is 25.1 Å². The lowest BCUT2D eigenvalue weighted by molar-refractivity contribution is 0.0600. The van der Waals surface area contributed by atoms with Gasteiger partial charge in [-0.1, -0.05) is 6.07 Å². The lowest BCUT2D eigenvalue weighted by atomic mass is 10.2. The Kier molecular flexibility index (Phi) is 5.11. The quantitative estimate of drug-likeness (QED) is 0.581. The molecule has 0 amide bonds. The number of aromatic amines is 1. The second-order valence-corrected chi connectivity index (χ2v) is 6.40. The minimum atomic E-state index is -0.419. The second kappa shape index (κ2) is 7.36. The standard InChI is InChI=1S/C20H18N4O3.ClH/c1-11-3-8-14-15(9-11)23-19(22-14)17-16(25)10-24(18(17)21)13-6-4-12(5-7-13)20(26)27-2;/h3-9,21,25H,10H2,1-2H3,(H,22,23);1H. The van der Waals surface area contributed by atoms with E-state index in [-0.39, 0.29) is 30.5 Å². The Morgan fingerprint density at radius 3 is 2.64 bits per heavy atom. The fourth-order valence-electron chi connectivity index (χ4n) is 3.19. The van der Waals surface area contributed by atoms with Crippen LogP contribution < -0.4 is 4.90 Å². The largest absolute Gasteiger partial charge is 0.509 e. The van der Waals surface area contributed by atoms with Crippen LogP contribution in [-0.4, -0.2) is 40.5 Å². The first-order valence-corrected chi connectivity index (χ1v) is 8.41. The third-order valence-corrected chi connectivity index (χ3v) is 4.58. The number of nitrogens with zero attached hydrogens (tertiary/aromatic N) is 2. The van der Waals surface area contributed by atoms with Gasteiger partial charge in [0.15, 0.2) is 0 Å². The molecule has 1 aromatic heterocycles. The van der Waals surface area contributed by atoms with Crippen LogP contribution in [0.4, 0.5) is 5.69 Å². The Morgan fingerprint density at radius 1 is 1.25 bits per heavy atom. The van der Waals surface area contributed by atoms with E-state index in [0.717, 1.165) is 16.6 Å². The van der Waals surface area contributed by atoms with Crippen molar-refractivity contribution >= 4 is 46.5 Å². The van der Waals surface area contributed by atoms with E-state index in [1.165, 1.54) is 7.11 Å². The molecule has 0 spiro atoms. The average Bonchev–Trinajstić information content (AvgIpc) is 3.20. The maximum Gasteiger partial charge on any atom is 0.337 e. The van der Waals surface area contributed by atoms with Crippen molar-refractivity contribution in [2.75, 3.05) is 18.6 Å². The van der Waals surface area contributed by atoms with Gasteiger partial charge in [-0.2, -0.15) is 0 Å². The Balaban J connectivity index is 0.00000225. The monoisotopic (exact) mass is 398 g/mol. The van der Waals surface area contributed by atoms with E-state index in [0.29, 0.717) is 22.6 Å². The van der Waals surface area contributed by atoms with Gasteiger partial charge in [-0.05, 0) is 48.9 Å². The molecule has 2 aromatic carbocycles. The van der Waals surface area contributed by atoms with Crippen molar-refractivity contribution in [3.63, 3.8) is 0 Å². The maximum atomic E-state index is 11.6. The molecule has 0 atom stereocenters. The summed E-state index contributed by atoms with van der Waals surface area (Å²) in [4.78, 5) is 20.9. The number of hydrogen-bond acceptors (Lipinski definition) is 5. The van der Waals surface area contributed by atoms with Crippen molar-refractivity contribution in [2.45, 2.75) is 6.92 Å². The molecule has 144 valence electrons. The van der Waals surface area contributed by atoms with Gasteiger partial charge in [0.1, 0.15) is 17.4 Å². The molecule has 3 aromatic rings. The molecule has 0 fully saturated rings. The minimum absolute atomic E-state index is 0. The molecule has 8 heteroatoms. The SMILES string of the molecule is COC(=O)c1ccc(N2CC(O)=C(c3nc4ccc(C)cc4[nH]3)C2=N)cc1.Cl. The molecule has 1 aliphatic heterocycles. The number of benzene rings is 2. The number of fused-ring (bicyclic) bond motifs is 1. The molecule has 0 bridgehead atoms. The summed E-state index contributed by atoms with van der Waals surface area (Å²) in [5.41, 5.74) is 4.24. The predicted octanol–water partition coefficient (Wildman–Crippen LogP) is 3.85. The molecule has 0 radical (unpaired) electrons. The fraction of sp³-hybridized carbons (Fsp3) is 0.150. The molecule has 2 heterocycles. The highest BCUT2D eigenvalue weighted by Gasteiger charge is 2.31. The average molecular weight is 399 g/mol. The van der Waals surface area contributed by atoms with Crippen LogP contribution >= 0.6 is 12.4 Å². The van der Waals surface area contributed by atoms with E-state index in [1.54, 1.807) is 29.2 Å². The number of esters is 1. The van der Waals surface area contributed by atoms with Gasteiger partial charge in [0.05, 0.1) is 35.8 Å². The van der Waals surface area contributed by atoms with E-state index in [9.17, 15) is 9.90 Å². The van der Waals surface area contributed by atoms with Crippen LogP contribution in [0.15, 0.2) is 48.2 Å². The normalized spacial score (nSPS) is 13.8. The van der Waals surface area contributed by atoms with Crippen LogP contribution in [-0.2, 0) is 4.74 Å². The molecule has 1 aliphatic rings. The summed E-state index contributed by atoms with van der Waals surface area (Å²) in [6.07, 6.45) is 0. The van der Waals surface area contributed by atoms with Gasteiger partial charge in [0.2, 0.25) is 0 Å². The predicted molar refractivity (Wildman–Crippen MR) is 110 cm³/mol. The summed E-state index contributed by atoms with van der Waals surface area (Å²) < 4.78 is 4.70. The topological polar surface area (TPSA) is 102 Å². The number of imidazole rings is 1. The van der Waals surface area contributed by atoms with Crippen LogP contribution in [0.1, 0.15) is 21.7 Å². The summed E-state index contributed by atoms with van der Waals surface area (Å²) >= 11 is 0. The van der Waals surface area contributed by atoms with Crippen molar-refractivity contribution in [2.24, 2.45) is 0 Å². The van der Waals surface area contributed by atoms with E-state index < -0.39 is 5.97 Å². The van der Waals surface area contributed by atoms with E-state index >= 15 is 0 Å². The van der Waals surface area contributed by atoms with Crippen LogP contribution in [0.2, 0.25) is 0 Å². The van der Waals surface area contributed by atoms with E-state index in [4.69, 9.17) is 10.1 Å². The fourth-order valence-corrected chi connectivity index (χ4v) is 3.19. The Hall–Kier alpha value is -3.32. The number of hydrogen-bond donors (Lipinski definition) is 3. The zero-order chi connectivity index (χ0) is 19.1. The molecule has 4 rings (SSSR count). The van der Waals surface area contributed by atoms with Gasteiger partial charge in [-0.25, -0.2) is 9.78 Å². The molecule has 0 aliphatic carbocycles. The van der Waals surface area contributed by atoms with Crippen molar-refractivity contribution in [3.05, 3.63) is 65.2 Å². The highest BCUT2D eigenvalue weighted by atomic mass is 35.5. The van der Waals surface area contributed by atoms with Crippen molar-refractivity contribution < 1.29 is 14.6 Å². The number of amidine groups is 1. The van der Waals surface area contributed by atoms with Gasteiger partial charge in [0, 0.05) is 5.69 Å². The molecular weight excluding hydrogens is 380 g/mol. The Bertz CT molecular complexity index is 1100. The van der Waals surface area contributed by atoms with Crippen molar-refractivity contribution in [3.8, 4) is 0 Å². The van der Waals surface area contributed by atoms with Crippen LogP contribution in [0, 0.1) is 12.3 Å². The number of carbonyl (C=O) groups excluding carboxylic acids is 1. The summed E-state index contributed by atoms with van der Waals surface area (Å²) in [6, 6.07) is 12.6. The molecule has 3 N–H and O–H groups in total. The minimum Gasteiger partial charge on any atom is -0.509 e.